The fourth-order valence-electron chi connectivity index (χ4n) is 4.28. The van der Waals surface area contributed by atoms with Crippen molar-refractivity contribution in [2.75, 3.05) is 13.7 Å². The van der Waals surface area contributed by atoms with Crippen molar-refractivity contribution in [3.63, 3.8) is 0 Å². The quantitative estimate of drug-likeness (QED) is 0.399. The SMILES string of the molecule is COC[C@@H](O)[C@@H]1O[C@@H](O)[C@H](OCc2ccccc2)[C@H](OCc2ccccc2)[C@@H]1OCc1ccccc1. The first-order valence-electron chi connectivity index (χ1n) is 12.1. The summed E-state index contributed by atoms with van der Waals surface area (Å²) in [5.41, 5.74) is 2.89. The molecule has 1 saturated heterocycles. The van der Waals surface area contributed by atoms with Gasteiger partial charge in [0.2, 0.25) is 0 Å². The minimum absolute atomic E-state index is 0.0174. The summed E-state index contributed by atoms with van der Waals surface area (Å²) >= 11 is 0. The van der Waals surface area contributed by atoms with Crippen LogP contribution in [-0.4, -0.2) is 60.7 Å². The maximum Gasteiger partial charge on any atom is 0.184 e. The van der Waals surface area contributed by atoms with Gasteiger partial charge in [0.1, 0.15) is 30.5 Å². The molecule has 0 unspecified atom stereocenters. The predicted octanol–water partition coefficient (Wildman–Crippen LogP) is 3.47. The van der Waals surface area contributed by atoms with Crippen molar-refractivity contribution in [3.8, 4) is 0 Å². The molecular weight excluding hydrogens is 460 g/mol. The molecular formula is C29H34O7. The largest absolute Gasteiger partial charge is 0.388 e. The summed E-state index contributed by atoms with van der Waals surface area (Å²) in [4.78, 5) is 0. The fourth-order valence-corrected chi connectivity index (χ4v) is 4.28. The maximum atomic E-state index is 11.0. The van der Waals surface area contributed by atoms with E-state index in [1.165, 1.54) is 7.11 Å². The molecule has 2 N–H and O–H groups in total. The first-order valence-corrected chi connectivity index (χ1v) is 12.1. The van der Waals surface area contributed by atoms with Gasteiger partial charge in [-0.05, 0) is 16.7 Å². The molecule has 3 aromatic carbocycles. The van der Waals surface area contributed by atoms with E-state index in [9.17, 15) is 10.2 Å². The Bertz CT molecular complexity index is 1000. The van der Waals surface area contributed by atoms with Crippen molar-refractivity contribution in [1.82, 2.24) is 0 Å². The lowest BCUT2D eigenvalue weighted by atomic mass is 9.94. The topological polar surface area (TPSA) is 86.6 Å². The minimum Gasteiger partial charge on any atom is -0.388 e. The van der Waals surface area contributed by atoms with E-state index >= 15 is 0 Å². The molecule has 0 amide bonds. The van der Waals surface area contributed by atoms with Crippen LogP contribution in [-0.2, 0) is 43.5 Å². The van der Waals surface area contributed by atoms with E-state index in [1.807, 2.05) is 91.0 Å². The summed E-state index contributed by atoms with van der Waals surface area (Å²) in [6.07, 6.45) is -5.56. The molecule has 0 aliphatic carbocycles. The monoisotopic (exact) mass is 494 g/mol. The second-order valence-electron chi connectivity index (χ2n) is 8.80. The van der Waals surface area contributed by atoms with Gasteiger partial charge in [0.05, 0.1) is 26.4 Å². The van der Waals surface area contributed by atoms with Gasteiger partial charge in [-0.15, -0.1) is 0 Å². The van der Waals surface area contributed by atoms with Gasteiger partial charge in [-0.3, -0.25) is 0 Å². The Balaban J connectivity index is 1.59. The molecule has 3 aromatic rings. The molecule has 192 valence electrons. The summed E-state index contributed by atoms with van der Waals surface area (Å²) in [7, 11) is 1.50. The van der Waals surface area contributed by atoms with Crippen LogP contribution < -0.4 is 0 Å². The lowest BCUT2D eigenvalue weighted by Crippen LogP contribution is -2.63. The highest BCUT2D eigenvalue weighted by Crippen LogP contribution is 2.31. The molecule has 6 atom stereocenters. The third kappa shape index (κ3) is 7.21. The van der Waals surface area contributed by atoms with E-state index in [1.54, 1.807) is 0 Å². The van der Waals surface area contributed by atoms with Gasteiger partial charge in [0, 0.05) is 7.11 Å². The van der Waals surface area contributed by atoms with Crippen molar-refractivity contribution < 1.29 is 33.9 Å². The van der Waals surface area contributed by atoms with Gasteiger partial charge in [0.15, 0.2) is 6.29 Å². The smallest absolute Gasteiger partial charge is 0.184 e. The molecule has 0 spiro atoms. The van der Waals surface area contributed by atoms with Crippen LogP contribution in [0.25, 0.3) is 0 Å². The van der Waals surface area contributed by atoms with Gasteiger partial charge in [-0.1, -0.05) is 91.0 Å². The molecule has 0 saturated carbocycles. The highest BCUT2D eigenvalue weighted by Gasteiger charge is 2.50. The fraction of sp³-hybridized carbons (Fsp3) is 0.379. The van der Waals surface area contributed by atoms with Crippen LogP contribution >= 0.6 is 0 Å². The van der Waals surface area contributed by atoms with Crippen molar-refractivity contribution in [2.45, 2.75) is 56.6 Å². The lowest BCUT2D eigenvalue weighted by molar-refractivity contribution is -0.325. The summed E-state index contributed by atoms with van der Waals surface area (Å²) < 4.78 is 29.9. The number of benzene rings is 3. The maximum absolute atomic E-state index is 11.0. The zero-order valence-electron chi connectivity index (χ0n) is 20.4. The molecule has 1 aliphatic heterocycles. The second-order valence-corrected chi connectivity index (χ2v) is 8.80. The number of methoxy groups -OCH3 is 1. The molecule has 7 heteroatoms. The van der Waals surface area contributed by atoms with Crippen molar-refractivity contribution in [3.05, 3.63) is 108 Å². The van der Waals surface area contributed by atoms with Crippen LogP contribution in [0.5, 0.6) is 0 Å². The average Bonchev–Trinajstić information content (AvgIpc) is 2.92. The molecule has 7 nitrogen and oxygen atoms in total. The van der Waals surface area contributed by atoms with E-state index in [4.69, 9.17) is 23.7 Å². The molecule has 1 heterocycles. The molecule has 0 radical (unpaired) electrons. The number of ether oxygens (including phenoxy) is 5. The zero-order valence-corrected chi connectivity index (χ0v) is 20.4. The standard InChI is InChI=1S/C29H34O7/c1-32-20-24(30)25-26(33-17-21-11-5-2-6-12-21)27(34-18-22-13-7-3-8-14-22)28(29(31)36-25)35-19-23-15-9-4-10-16-23/h2-16,24-31H,17-20H2,1H3/t24-,25+,26-,27-,28-,29-/m1/s1. The Labute approximate surface area is 212 Å². The molecule has 36 heavy (non-hydrogen) atoms. The first kappa shape index (κ1) is 26.4. The number of hydrogen-bond acceptors (Lipinski definition) is 7. The van der Waals surface area contributed by atoms with Crippen LogP contribution in [0.2, 0.25) is 0 Å². The van der Waals surface area contributed by atoms with E-state index in [2.05, 4.69) is 0 Å². The normalized spacial score (nSPS) is 24.9. The first-order chi connectivity index (χ1) is 17.7. The molecule has 1 fully saturated rings. The van der Waals surface area contributed by atoms with Gasteiger partial charge in [-0.2, -0.15) is 0 Å². The summed E-state index contributed by atoms with van der Waals surface area (Å²) in [6.45, 7) is 0.830. The highest BCUT2D eigenvalue weighted by atomic mass is 16.7. The van der Waals surface area contributed by atoms with Crippen LogP contribution in [0.4, 0.5) is 0 Å². The third-order valence-corrected chi connectivity index (χ3v) is 6.12. The minimum atomic E-state index is -1.33. The zero-order chi connectivity index (χ0) is 25.2. The van der Waals surface area contributed by atoms with Crippen LogP contribution in [0.3, 0.4) is 0 Å². The molecule has 0 aromatic heterocycles. The van der Waals surface area contributed by atoms with Crippen LogP contribution in [0.15, 0.2) is 91.0 Å². The third-order valence-electron chi connectivity index (χ3n) is 6.12. The van der Waals surface area contributed by atoms with Gasteiger partial charge in [-0.25, -0.2) is 0 Å². The number of aliphatic hydroxyl groups excluding tert-OH is 2. The van der Waals surface area contributed by atoms with Crippen molar-refractivity contribution >= 4 is 0 Å². The van der Waals surface area contributed by atoms with E-state index in [0.717, 1.165) is 16.7 Å². The number of aliphatic hydroxyl groups is 2. The molecule has 4 rings (SSSR count). The highest BCUT2D eigenvalue weighted by molar-refractivity contribution is 5.15. The Morgan fingerprint density at radius 1 is 0.667 bits per heavy atom. The number of rotatable bonds is 12. The van der Waals surface area contributed by atoms with E-state index in [0.29, 0.717) is 0 Å². The van der Waals surface area contributed by atoms with Crippen LogP contribution in [0, 0.1) is 0 Å². The van der Waals surface area contributed by atoms with Crippen LogP contribution in [0.1, 0.15) is 16.7 Å². The van der Waals surface area contributed by atoms with E-state index < -0.39 is 36.8 Å². The lowest BCUT2D eigenvalue weighted by Gasteiger charge is -2.45. The molecule has 0 bridgehead atoms. The summed E-state index contributed by atoms with van der Waals surface area (Å²) in [5.74, 6) is 0. The second kappa shape index (κ2) is 13.6. The van der Waals surface area contributed by atoms with Gasteiger partial charge < -0.3 is 33.9 Å². The number of hydrogen-bond donors (Lipinski definition) is 2. The summed E-state index contributed by atoms with van der Waals surface area (Å²) in [5, 5.41) is 21.8. The van der Waals surface area contributed by atoms with Crippen molar-refractivity contribution in [2.24, 2.45) is 0 Å². The Hall–Kier alpha value is -2.62. The van der Waals surface area contributed by atoms with Crippen molar-refractivity contribution in [1.29, 1.82) is 0 Å². The average molecular weight is 495 g/mol. The Kier molecular flexibility index (Phi) is 10.0. The van der Waals surface area contributed by atoms with E-state index in [-0.39, 0.29) is 26.4 Å². The molecule has 1 aliphatic rings. The van der Waals surface area contributed by atoms with Gasteiger partial charge >= 0.3 is 0 Å². The Morgan fingerprint density at radius 3 is 1.53 bits per heavy atom. The predicted molar refractivity (Wildman–Crippen MR) is 134 cm³/mol. The summed E-state index contributed by atoms with van der Waals surface area (Å²) in [6, 6.07) is 29.2. The van der Waals surface area contributed by atoms with Gasteiger partial charge in [0.25, 0.3) is 0 Å². The Morgan fingerprint density at radius 2 is 1.08 bits per heavy atom.